The zero-order chi connectivity index (χ0) is 31.0. The van der Waals surface area contributed by atoms with E-state index in [-0.39, 0.29) is 30.5 Å². The average Bonchev–Trinajstić information content (AvgIpc) is 3.01. The number of anilines is 1. The number of rotatable bonds is 13. The van der Waals surface area contributed by atoms with Gasteiger partial charge >= 0.3 is 0 Å². The summed E-state index contributed by atoms with van der Waals surface area (Å²) in [7, 11) is -3.88. The first-order valence-corrected chi connectivity index (χ1v) is 16.2. The van der Waals surface area contributed by atoms with E-state index >= 15 is 0 Å². The number of fused-ring (bicyclic) bond motifs is 1. The van der Waals surface area contributed by atoms with Crippen LogP contribution in [0.25, 0.3) is 0 Å². The van der Waals surface area contributed by atoms with Crippen LogP contribution in [0.15, 0.2) is 72.8 Å². The highest BCUT2D eigenvalue weighted by molar-refractivity contribution is 7.92. The molecule has 0 radical (unpaired) electrons. The molecule has 0 fully saturated rings. The molecule has 1 aliphatic heterocycles. The van der Waals surface area contributed by atoms with Crippen LogP contribution in [0.1, 0.15) is 37.5 Å². The molecule has 1 N–H and O–H groups in total. The predicted octanol–water partition coefficient (Wildman–Crippen LogP) is 4.33. The van der Waals surface area contributed by atoms with E-state index in [1.54, 1.807) is 18.2 Å². The van der Waals surface area contributed by atoms with Crippen molar-refractivity contribution in [2.24, 2.45) is 5.92 Å². The lowest BCUT2D eigenvalue weighted by molar-refractivity contribution is -0.140. The smallest absolute Gasteiger partial charge is 0.244 e. The maximum absolute atomic E-state index is 14.3. The average molecular weight is 608 g/mol. The highest BCUT2D eigenvalue weighted by Crippen LogP contribution is 2.35. The molecule has 10 heteroatoms. The van der Waals surface area contributed by atoms with Crippen LogP contribution in [-0.4, -0.2) is 63.2 Å². The van der Waals surface area contributed by atoms with E-state index in [4.69, 9.17) is 9.47 Å². The van der Waals surface area contributed by atoms with E-state index in [0.29, 0.717) is 36.9 Å². The molecule has 0 saturated heterocycles. The van der Waals surface area contributed by atoms with E-state index in [2.05, 4.69) is 5.32 Å². The Kier molecular flexibility index (Phi) is 10.7. The lowest BCUT2D eigenvalue weighted by Crippen LogP contribution is -2.54. The number of hydrogen-bond acceptors (Lipinski definition) is 6. The van der Waals surface area contributed by atoms with E-state index in [1.165, 1.54) is 11.8 Å². The van der Waals surface area contributed by atoms with Gasteiger partial charge in [-0.05, 0) is 43.0 Å². The SMILES string of the molecule is CCS(=O)(=O)N(CC(=O)N(Cc1ccc(C)cc1)C(Cc1ccccc1)C(=O)NCC(C)C)c1ccc2c(c1)OCCO2. The third kappa shape index (κ3) is 8.50. The summed E-state index contributed by atoms with van der Waals surface area (Å²) in [5, 5.41) is 3.00. The minimum absolute atomic E-state index is 0.132. The van der Waals surface area contributed by atoms with Gasteiger partial charge in [-0.3, -0.25) is 13.9 Å². The van der Waals surface area contributed by atoms with Crippen LogP contribution < -0.4 is 19.1 Å². The maximum Gasteiger partial charge on any atom is 0.244 e. The number of nitrogens with one attached hydrogen (secondary N) is 1. The highest BCUT2D eigenvalue weighted by Gasteiger charge is 2.34. The number of carbonyl (C=O) groups excluding carboxylic acids is 2. The molecule has 1 atom stereocenters. The molecule has 43 heavy (non-hydrogen) atoms. The lowest BCUT2D eigenvalue weighted by atomic mass is 10.0. The fourth-order valence-corrected chi connectivity index (χ4v) is 5.83. The maximum atomic E-state index is 14.3. The van der Waals surface area contributed by atoms with Crippen LogP contribution in [0.4, 0.5) is 5.69 Å². The van der Waals surface area contributed by atoms with Crippen LogP contribution in [0.3, 0.4) is 0 Å². The summed E-state index contributed by atoms with van der Waals surface area (Å²) in [6.45, 7) is 8.36. The summed E-state index contributed by atoms with van der Waals surface area (Å²) in [6.07, 6.45) is 0.271. The molecule has 1 heterocycles. The molecule has 230 valence electrons. The van der Waals surface area contributed by atoms with Gasteiger partial charge in [-0.2, -0.15) is 0 Å². The second-order valence-electron chi connectivity index (χ2n) is 11.1. The van der Waals surface area contributed by atoms with Gasteiger partial charge in [0.1, 0.15) is 25.8 Å². The zero-order valence-electron chi connectivity index (χ0n) is 25.3. The molecule has 0 bridgehead atoms. The van der Waals surface area contributed by atoms with Crippen LogP contribution in [-0.2, 0) is 32.6 Å². The van der Waals surface area contributed by atoms with Crippen LogP contribution in [0.2, 0.25) is 0 Å². The molecule has 0 aliphatic carbocycles. The van der Waals surface area contributed by atoms with Crippen LogP contribution >= 0.6 is 0 Å². The highest BCUT2D eigenvalue weighted by atomic mass is 32.2. The summed E-state index contributed by atoms with van der Waals surface area (Å²) in [5.74, 6) is 0.146. The molecule has 2 amide bonds. The number of amides is 2. The number of aryl methyl sites for hydroxylation is 1. The van der Waals surface area contributed by atoms with Gasteiger partial charge in [0.25, 0.3) is 0 Å². The quantitative estimate of drug-likeness (QED) is 0.310. The van der Waals surface area contributed by atoms with Gasteiger partial charge < -0.3 is 19.7 Å². The van der Waals surface area contributed by atoms with Crippen LogP contribution in [0, 0.1) is 12.8 Å². The number of sulfonamides is 1. The van der Waals surface area contributed by atoms with Gasteiger partial charge in [-0.25, -0.2) is 8.42 Å². The molecule has 3 aromatic rings. The third-order valence-corrected chi connectivity index (χ3v) is 8.96. The normalized spacial score (nSPS) is 13.3. The standard InChI is InChI=1S/C33H41N3O6S/c1-5-43(39,40)36(28-15-16-30-31(20-28)42-18-17-41-30)23-32(37)35(22-27-13-11-25(4)12-14-27)29(33(38)34-21-24(2)3)19-26-9-7-6-8-10-26/h6-16,20,24,29H,5,17-19,21-23H2,1-4H3,(H,34,38). The predicted molar refractivity (Wildman–Crippen MR) is 168 cm³/mol. The molecule has 1 unspecified atom stereocenters. The number of benzene rings is 3. The largest absolute Gasteiger partial charge is 0.486 e. The minimum Gasteiger partial charge on any atom is -0.486 e. The summed E-state index contributed by atoms with van der Waals surface area (Å²) in [5.41, 5.74) is 3.08. The van der Waals surface area contributed by atoms with E-state index in [0.717, 1.165) is 21.0 Å². The second kappa shape index (κ2) is 14.4. The second-order valence-corrected chi connectivity index (χ2v) is 13.3. The lowest BCUT2D eigenvalue weighted by Gasteiger charge is -2.34. The Morgan fingerprint density at radius 3 is 2.23 bits per heavy atom. The third-order valence-electron chi connectivity index (χ3n) is 7.22. The Balaban J connectivity index is 1.73. The fraction of sp³-hybridized carbons (Fsp3) is 0.394. The Labute approximate surface area is 254 Å². The summed E-state index contributed by atoms with van der Waals surface area (Å²) >= 11 is 0. The Bertz CT molecular complexity index is 1490. The van der Waals surface area contributed by atoms with E-state index in [1.807, 2.05) is 75.4 Å². The van der Waals surface area contributed by atoms with Crippen LogP contribution in [0.5, 0.6) is 11.5 Å². The molecule has 0 aromatic heterocycles. The number of nitrogens with zero attached hydrogens (tertiary/aromatic N) is 2. The fourth-order valence-electron chi connectivity index (χ4n) is 4.77. The Hall–Kier alpha value is -4.05. The van der Waals surface area contributed by atoms with Gasteiger partial charge in [-0.1, -0.05) is 74.0 Å². The molecule has 9 nitrogen and oxygen atoms in total. The molecule has 0 spiro atoms. The van der Waals surface area contributed by atoms with Crippen molar-refractivity contribution in [1.82, 2.24) is 10.2 Å². The zero-order valence-corrected chi connectivity index (χ0v) is 26.1. The number of hydrogen-bond donors (Lipinski definition) is 1. The van der Waals surface area contributed by atoms with Crippen molar-refractivity contribution in [3.05, 3.63) is 89.5 Å². The van der Waals surface area contributed by atoms with Gasteiger partial charge in [0.05, 0.1) is 11.4 Å². The van der Waals surface area contributed by atoms with Crippen molar-refractivity contribution in [2.75, 3.05) is 36.4 Å². The van der Waals surface area contributed by atoms with Gasteiger partial charge in [0, 0.05) is 25.6 Å². The molecule has 0 saturated carbocycles. The molecule has 4 rings (SSSR count). The molecular weight excluding hydrogens is 566 g/mol. The number of carbonyl (C=O) groups is 2. The van der Waals surface area contributed by atoms with Crippen molar-refractivity contribution in [2.45, 2.75) is 46.7 Å². The first kappa shape index (κ1) is 31.9. The van der Waals surface area contributed by atoms with Gasteiger partial charge in [-0.15, -0.1) is 0 Å². The van der Waals surface area contributed by atoms with Crippen molar-refractivity contribution in [1.29, 1.82) is 0 Å². The Morgan fingerprint density at radius 2 is 1.58 bits per heavy atom. The van der Waals surface area contributed by atoms with E-state index in [9.17, 15) is 18.0 Å². The monoisotopic (exact) mass is 607 g/mol. The minimum atomic E-state index is -3.88. The van der Waals surface area contributed by atoms with Crippen molar-refractivity contribution in [3.8, 4) is 11.5 Å². The first-order valence-electron chi connectivity index (χ1n) is 14.6. The Morgan fingerprint density at radius 1 is 0.907 bits per heavy atom. The number of ether oxygens (including phenoxy) is 2. The summed E-state index contributed by atoms with van der Waals surface area (Å²) in [6, 6.07) is 21.2. The topological polar surface area (TPSA) is 105 Å². The van der Waals surface area contributed by atoms with Gasteiger partial charge in [0.2, 0.25) is 21.8 Å². The summed E-state index contributed by atoms with van der Waals surface area (Å²) in [4.78, 5) is 29.6. The van der Waals surface area contributed by atoms with Crippen molar-refractivity contribution in [3.63, 3.8) is 0 Å². The first-order chi connectivity index (χ1) is 20.6. The van der Waals surface area contributed by atoms with Crippen molar-refractivity contribution >= 4 is 27.5 Å². The van der Waals surface area contributed by atoms with Crippen molar-refractivity contribution < 1.29 is 27.5 Å². The molecular formula is C33H41N3O6S. The van der Waals surface area contributed by atoms with Gasteiger partial charge in [0.15, 0.2) is 11.5 Å². The molecule has 3 aromatic carbocycles. The molecule has 1 aliphatic rings. The summed E-state index contributed by atoms with van der Waals surface area (Å²) < 4.78 is 39.2. The van der Waals surface area contributed by atoms with E-state index < -0.39 is 28.5 Å².